The van der Waals surface area contributed by atoms with E-state index in [0.29, 0.717) is 17.7 Å². The number of benzene rings is 1. The number of carbonyl (C=O) groups excluding carboxylic acids is 3. The zero-order chi connectivity index (χ0) is 22.1. The Kier molecular flexibility index (Phi) is 7.97. The highest BCUT2D eigenvalue weighted by Crippen LogP contribution is 2.35. The molecule has 0 unspecified atom stereocenters. The van der Waals surface area contributed by atoms with E-state index in [1.807, 2.05) is 30.3 Å². The third kappa shape index (κ3) is 4.97. The fraction of sp³-hybridized carbons (Fsp3) is 0.429. The van der Waals surface area contributed by atoms with E-state index >= 15 is 0 Å². The summed E-state index contributed by atoms with van der Waals surface area (Å²) < 4.78 is 21.2. The first-order chi connectivity index (χ1) is 14.4. The molecular formula is C21H26N2O7. The minimum absolute atomic E-state index is 0.00567. The average molecular weight is 418 g/mol. The monoisotopic (exact) mass is 418 g/mol. The van der Waals surface area contributed by atoms with Gasteiger partial charge < -0.3 is 24.1 Å². The minimum atomic E-state index is -2.13. The number of esters is 2. The highest BCUT2D eigenvalue weighted by molar-refractivity contribution is 6.08. The molecule has 1 aromatic heterocycles. The van der Waals surface area contributed by atoms with Crippen molar-refractivity contribution >= 4 is 17.8 Å². The Morgan fingerprint density at radius 3 is 2.10 bits per heavy atom. The summed E-state index contributed by atoms with van der Waals surface area (Å²) in [5.74, 6) is -2.14. The smallest absolute Gasteiger partial charge is 0.344 e. The van der Waals surface area contributed by atoms with Crippen LogP contribution in [0.1, 0.15) is 33.5 Å². The lowest BCUT2D eigenvalue weighted by atomic mass is 9.90. The van der Waals surface area contributed by atoms with Gasteiger partial charge in [0.15, 0.2) is 5.76 Å². The van der Waals surface area contributed by atoms with Gasteiger partial charge in [-0.05, 0) is 31.5 Å². The lowest BCUT2D eigenvalue weighted by Crippen LogP contribution is -2.62. The fourth-order valence-electron chi connectivity index (χ4n) is 2.98. The molecule has 0 bridgehead atoms. The number of nitrogens with zero attached hydrogens (tertiary/aromatic N) is 1. The second-order valence-corrected chi connectivity index (χ2v) is 6.29. The molecule has 0 atom stereocenters. The first-order valence-electron chi connectivity index (χ1n) is 9.69. The summed E-state index contributed by atoms with van der Waals surface area (Å²) in [4.78, 5) is 37.7. The quantitative estimate of drug-likeness (QED) is 0.461. The largest absolute Gasteiger partial charge is 0.475 e. The van der Waals surface area contributed by atoms with Crippen LogP contribution in [0.4, 0.5) is 0 Å². The number of carbonyl (C=O) groups is 3. The first-order valence-corrected chi connectivity index (χ1v) is 9.69. The molecule has 162 valence electrons. The highest BCUT2D eigenvalue weighted by atomic mass is 16.6. The van der Waals surface area contributed by atoms with Crippen LogP contribution in [0.5, 0.6) is 5.88 Å². The minimum Gasteiger partial charge on any atom is -0.475 e. The molecule has 30 heavy (non-hydrogen) atoms. The van der Waals surface area contributed by atoms with Crippen molar-refractivity contribution in [2.75, 3.05) is 19.8 Å². The summed E-state index contributed by atoms with van der Waals surface area (Å²) in [5.41, 5.74) is -0.952. The van der Waals surface area contributed by atoms with Crippen molar-refractivity contribution in [3.63, 3.8) is 0 Å². The zero-order valence-electron chi connectivity index (χ0n) is 17.5. The molecule has 2 aromatic rings. The first kappa shape index (κ1) is 22.9. The van der Waals surface area contributed by atoms with E-state index < -0.39 is 23.4 Å². The van der Waals surface area contributed by atoms with Crippen molar-refractivity contribution < 1.29 is 33.1 Å². The maximum Gasteiger partial charge on any atom is 0.344 e. The lowest BCUT2D eigenvalue weighted by Gasteiger charge is -2.29. The predicted molar refractivity (Wildman–Crippen MR) is 107 cm³/mol. The van der Waals surface area contributed by atoms with Crippen LogP contribution in [-0.4, -0.2) is 48.4 Å². The molecule has 1 aromatic carbocycles. The Labute approximate surface area is 174 Å². The van der Waals surface area contributed by atoms with Crippen molar-refractivity contribution in [3.8, 4) is 17.0 Å². The molecule has 0 radical (unpaired) electrons. The third-order valence-electron chi connectivity index (χ3n) is 4.14. The van der Waals surface area contributed by atoms with Gasteiger partial charge in [0.25, 0.3) is 5.88 Å². The standard InChI is InChI=1S/C21H26N2O7/c1-5-27-18-17(15-11-9-8-10-12-15)16(30-23-18)13-21(22-14(4)24,19(25)28-6-2)20(26)29-7-3/h8-12H,5-7,13H2,1-4H3,(H,22,24). The number of ether oxygens (including phenoxy) is 3. The number of nitrogens with one attached hydrogen (secondary N) is 1. The Morgan fingerprint density at radius 2 is 1.60 bits per heavy atom. The van der Waals surface area contributed by atoms with Gasteiger partial charge in [-0.3, -0.25) is 4.79 Å². The molecule has 9 nitrogen and oxygen atoms in total. The summed E-state index contributed by atoms with van der Waals surface area (Å²) >= 11 is 0. The summed E-state index contributed by atoms with van der Waals surface area (Å²) in [5, 5.41) is 6.36. The van der Waals surface area contributed by atoms with Crippen LogP contribution in [-0.2, 0) is 30.3 Å². The van der Waals surface area contributed by atoms with Gasteiger partial charge in [-0.15, -0.1) is 0 Å². The Balaban J connectivity index is 2.63. The Morgan fingerprint density at radius 1 is 1.00 bits per heavy atom. The van der Waals surface area contributed by atoms with E-state index in [1.54, 1.807) is 20.8 Å². The van der Waals surface area contributed by atoms with Crippen LogP contribution in [0.25, 0.3) is 11.1 Å². The van der Waals surface area contributed by atoms with Gasteiger partial charge in [-0.2, -0.15) is 0 Å². The molecule has 0 saturated carbocycles. The van der Waals surface area contributed by atoms with Crippen LogP contribution in [0.15, 0.2) is 34.9 Å². The second-order valence-electron chi connectivity index (χ2n) is 6.29. The normalized spacial score (nSPS) is 10.9. The van der Waals surface area contributed by atoms with Crippen molar-refractivity contribution in [1.82, 2.24) is 10.5 Å². The van der Waals surface area contributed by atoms with E-state index in [4.69, 9.17) is 18.7 Å². The maximum absolute atomic E-state index is 12.9. The lowest BCUT2D eigenvalue weighted by molar-refractivity contribution is -0.168. The van der Waals surface area contributed by atoms with Gasteiger partial charge in [0, 0.05) is 6.92 Å². The van der Waals surface area contributed by atoms with Gasteiger partial charge in [0.1, 0.15) is 0 Å². The molecule has 0 aliphatic rings. The van der Waals surface area contributed by atoms with E-state index in [-0.39, 0.29) is 31.3 Å². The number of hydrogen-bond donors (Lipinski definition) is 1. The highest BCUT2D eigenvalue weighted by Gasteiger charge is 2.52. The number of hydrogen-bond acceptors (Lipinski definition) is 8. The molecule has 0 spiro atoms. The molecule has 0 aliphatic carbocycles. The number of aromatic nitrogens is 1. The van der Waals surface area contributed by atoms with Gasteiger partial charge >= 0.3 is 11.9 Å². The SMILES string of the molecule is CCOC(=O)C(Cc1onc(OCC)c1-c1ccccc1)(NC(C)=O)C(=O)OCC. The van der Waals surface area contributed by atoms with E-state index in [9.17, 15) is 14.4 Å². The summed E-state index contributed by atoms with van der Waals surface area (Å²) in [7, 11) is 0. The fourth-order valence-corrected chi connectivity index (χ4v) is 2.98. The maximum atomic E-state index is 12.9. The van der Waals surface area contributed by atoms with Gasteiger partial charge in [-0.25, -0.2) is 9.59 Å². The molecule has 1 N–H and O–H groups in total. The summed E-state index contributed by atoms with van der Waals surface area (Å²) in [6.45, 7) is 6.52. The molecular weight excluding hydrogens is 392 g/mol. The van der Waals surface area contributed by atoms with Crippen molar-refractivity contribution in [3.05, 3.63) is 36.1 Å². The van der Waals surface area contributed by atoms with E-state index in [0.717, 1.165) is 0 Å². The van der Waals surface area contributed by atoms with E-state index in [1.165, 1.54) is 6.92 Å². The predicted octanol–water partition coefficient (Wildman–Crippen LogP) is 2.28. The van der Waals surface area contributed by atoms with Gasteiger partial charge in [-0.1, -0.05) is 30.3 Å². The van der Waals surface area contributed by atoms with Crippen molar-refractivity contribution in [2.45, 2.75) is 39.7 Å². The van der Waals surface area contributed by atoms with Crippen LogP contribution in [0.2, 0.25) is 0 Å². The van der Waals surface area contributed by atoms with Crippen LogP contribution >= 0.6 is 0 Å². The van der Waals surface area contributed by atoms with E-state index in [2.05, 4.69) is 10.5 Å². The molecule has 0 fully saturated rings. The number of rotatable bonds is 10. The van der Waals surface area contributed by atoms with Crippen molar-refractivity contribution in [2.24, 2.45) is 0 Å². The molecule has 0 saturated heterocycles. The third-order valence-corrected chi connectivity index (χ3v) is 4.14. The van der Waals surface area contributed by atoms with Gasteiger partial charge in [0.05, 0.1) is 31.8 Å². The molecule has 1 amide bonds. The second kappa shape index (κ2) is 10.4. The molecule has 0 aliphatic heterocycles. The summed E-state index contributed by atoms with van der Waals surface area (Å²) in [6, 6.07) is 9.11. The topological polar surface area (TPSA) is 117 Å². The van der Waals surface area contributed by atoms with Crippen LogP contribution in [0, 0.1) is 0 Å². The van der Waals surface area contributed by atoms with Crippen molar-refractivity contribution in [1.29, 1.82) is 0 Å². The van der Waals surface area contributed by atoms with Crippen LogP contribution in [0.3, 0.4) is 0 Å². The number of amides is 1. The average Bonchev–Trinajstić information content (AvgIpc) is 3.10. The Hall–Kier alpha value is -3.36. The molecule has 1 heterocycles. The van der Waals surface area contributed by atoms with Gasteiger partial charge in [0.2, 0.25) is 11.4 Å². The Bertz CT molecular complexity index is 859. The molecule has 9 heteroatoms. The van der Waals surface area contributed by atoms with Crippen LogP contribution < -0.4 is 10.1 Å². The zero-order valence-corrected chi connectivity index (χ0v) is 17.5. The summed E-state index contributed by atoms with van der Waals surface area (Å²) in [6.07, 6.45) is -0.367. The molecule has 2 rings (SSSR count).